The number of carbonyl (C=O) groups is 2. The molecule has 1 atom stereocenters. The highest BCUT2D eigenvalue weighted by Gasteiger charge is 2.10. The predicted octanol–water partition coefficient (Wildman–Crippen LogP) is 5.33. The van der Waals surface area contributed by atoms with E-state index < -0.39 is 0 Å². The molecule has 0 fully saturated rings. The largest absolute Gasteiger partial charge is 0.377 e. The zero-order chi connectivity index (χ0) is 20.6. The standard InChI is InChI=1S/C22H22ClN3O2S/c1-15(16-5-3-2-4-6-16)25-20-8-7-18(13-19(20)23)26-21(27)9-11-24-22(28)17-10-12-29-14-17/h2-8,10,12-15,25H,9,11H2,1H3,(H,24,28)(H,26,27). The molecule has 0 saturated heterocycles. The van der Waals surface area contributed by atoms with E-state index >= 15 is 0 Å². The van der Waals surface area contributed by atoms with Gasteiger partial charge in [-0.15, -0.1) is 0 Å². The van der Waals surface area contributed by atoms with Crippen LogP contribution in [0.25, 0.3) is 0 Å². The van der Waals surface area contributed by atoms with Gasteiger partial charge in [0.1, 0.15) is 0 Å². The van der Waals surface area contributed by atoms with E-state index in [9.17, 15) is 9.59 Å². The first-order chi connectivity index (χ1) is 14.0. The van der Waals surface area contributed by atoms with E-state index in [2.05, 4.69) is 35.0 Å². The highest BCUT2D eigenvalue weighted by Crippen LogP contribution is 2.29. The summed E-state index contributed by atoms with van der Waals surface area (Å²) >= 11 is 7.83. The van der Waals surface area contributed by atoms with E-state index in [0.29, 0.717) is 16.3 Å². The number of hydrogen-bond donors (Lipinski definition) is 3. The summed E-state index contributed by atoms with van der Waals surface area (Å²) in [6.07, 6.45) is 0.179. The number of carbonyl (C=O) groups excluding carboxylic acids is 2. The maximum atomic E-state index is 12.1. The Morgan fingerprint density at radius 1 is 1.10 bits per heavy atom. The van der Waals surface area contributed by atoms with E-state index in [0.717, 1.165) is 11.3 Å². The van der Waals surface area contributed by atoms with E-state index in [1.54, 1.807) is 23.6 Å². The van der Waals surface area contributed by atoms with Crippen LogP contribution in [0.5, 0.6) is 0 Å². The fourth-order valence-electron chi connectivity index (χ4n) is 2.78. The van der Waals surface area contributed by atoms with Crippen LogP contribution in [0.15, 0.2) is 65.4 Å². The minimum absolute atomic E-state index is 0.0981. The molecule has 29 heavy (non-hydrogen) atoms. The van der Waals surface area contributed by atoms with E-state index in [4.69, 9.17) is 11.6 Å². The van der Waals surface area contributed by atoms with Crippen molar-refractivity contribution in [1.82, 2.24) is 5.32 Å². The molecule has 0 aliphatic heterocycles. The third-order valence-electron chi connectivity index (χ3n) is 4.35. The maximum absolute atomic E-state index is 12.1. The number of benzene rings is 2. The van der Waals surface area contributed by atoms with E-state index in [1.165, 1.54) is 11.3 Å². The zero-order valence-electron chi connectivity index (χ0n) is 15.9. The molecule has 0 aliphatic rings. The molecule has 3 N–H and O–H groups in total. The number of amides is 2. The van der Waals surface area contributed by atoms with Crippen molar-refractivity contribution < 1.29 is 9.59 Å². The summed E-state index contributed by atoms with van der Waals surface area (Å²) in [4.78, 5) is 24.0. The Morgan fingerprint density at radius 2 is 1.90 bits per heavy atom. The summed E-state index contributed by atoms with van der Waals surface area (Å²) in [6.45, 7) is 2.33. The first kappa shape index (κ1) is 20.9. The van der Waals surface area contributed by atoms with Crippen molar-refractivity contribution in [2.75, 3.05) is 17.2 Å². The molecular formula is C22H22ClN3O2S. The first-order valence-corrected chi connectivity index (χ1v) is 10.6. The van der Waals surface area contributed by atoms with Crippen LogP contribution in [-0.2, 0) is 4.79 Å². The summed E-state index contributed by atoms with van der Waals surface area (Å²) in [5.41, 5.74) is 3.17. The summed E-state index contributed by atoms with van der Waals surface area (Å²) < 4.78 is 0. The average Bonchev–Trinajstić information content (AvgIpc) is 3.25. The Morgan fingerprint density at radius 3 is 2.59 bits per heavy atom. The number of hydrogen-bond acceptors (Lipinski definition) is 4. The molecular weight excluding hydrogens is 406 g/mol. The van der Waals surface area contributed by atoms with Crippen LogP contribution >= 0.6 is 22.9 Å². The smallest absolute Gasteiger partial charge is 0.252 e. The average molecular weight is 428 g/mol. The lowest BCUT2D eigenvalue weighted by Crippen LogP contribution is -2.27. The number of nitrogens with one attached hydrogen (secondary N) is 3. The lowest BCUT2D eigenvalue weighted by molar-refractivity contribution is -0.116. The molecule has 3 rings (SSSR count). The first-order valence-electron chi connectivity index (χ1n) is 9.24. The van der Waals surface area contributed by atoms with Gasteiger partial charge in [-0.25, -0.2) is 0 Å². The van der Waals surface area contributed by atoms with Gasteiger partial charge in [0.25, 0.3) is 5.91 Å². The molecule has 150 valence electrons. The van der Waals surface area contributed by atoms with Gasteiger partial charge in [-0.3, -0.25) is 9.59 Å². The number of halogens is 1. The van der Waals surface area contributed by atoms with Crippen molar-refractivity contribution >= 4 is 46.1 Å². The van der Waals surface area contributed by atoms with Crippen molar-refractivity contribution in [3.63, 3.8) is 0 Å². The number of thiophene rings is 1. The zero-order valence-corrected chi connectivity index (χ0v) is 17.5. The van der Waals surface area contributed by atoms with Gasteiger partial charge in [-0.2, -0.15) is 11.3 Å². The maximum Gasteiger partial charge on any atom is 0.252 e. The number of rotatable bonds is 8. The molecule has 0 saturated carbocycles. The molecule has 1 heterocycles. The molecule has 0 radical (unpaired) electrons. The minimum atomic E-state index is -0.190. The molecule has 0 bridgehead atoms. The van der Waals surface area contributed by atoms with Crippen LogP contribution in [0.2, 0.25) is 5.02 Å². The Hall–Kier alpha value is -2.83. The van der Waals surface area contributed by atoms with Gasteiger partial charge < -0.3 is 16.0 Å². The van der Waals surface area contributed by atoms with Gasteiger partial charge in [-0.1, -0.05) is 41.9 Å². The number of anilines is 2. The molecule has 2 aromatic carbocycles. The van der Waals surface area contributed by atoms with Gasteiger partial charge in [0.05, 0.1) is 10.7 Å². The second-order valence-electron chi connectivity index (χ2n) is 6.54. The predicted molar refractivity (Wildman–Crippen MR) is 120 cm³/mol. The topological polar surface area (TPSA) is 70.2 Å². The fraction of sp³-hybridized carbons (Fsp3) is 0.182. The molecule has 0 aliphatic carbocycles. The lowest BCUT2D eigenvalue weighted by atomic mass is 10.1. The van der Waals surface area contributed by atoms with Crippen LogP contribution in [0.4, 0.5) is 11.4 Å². The minimum Gasteiger partial charge on any atom is -0.377 e. The van der Waals surface area contributed by atoms with Gasteiger partial charge in [0.2, 0.25) is 5.91 Å². The highest BCUT2D eigenvalue weighted by atomic mass is 35.5. The van der Waals surface area contributed by atoms with Crippen LogP contribution in [0.3, 0.4) is 0 Å². The van der Waals surface area contributed by atoms with Crippen LogP contribution in [0.1, 0.15) is 35.3 Å². The molecule has 5 nitrogen and oxygen atoms in total. The van der Waals surface area contributed by atoms with Crippen LogP contribution in [-0.4, -0.2) is 18.4 Å². The lowest BCUT2D eigenvalue weighted by Gasteiger charge is -2.17. The van der Waals surface area contributed by atoms with E-state index in [1.807, 2.05) is 29.6 Å². The van der Waals surface area contributed by atoms with Crippen LogP contribution in [0, 0.1) is 0 Å². The summed E-state index contributed by atoms with van der Waals surface area (Å²) in [7, 11) is 0. The summed E-state index contributed by atoms with van der Waals surface area (Å²) in [5.74, 6) is -0.366. The van der Waals surface area contributed by atoms with Crippen molar-refractivity contribution in [3.05, 3.63) is 81.5 Å². The molecule has 7 heteroatoms. The molecule has 1 aromatic heterocycles. The fourth-order valence-corrected chi connectivity index (χ4v) is 3.65. The molecule has 3 aromatic rings. The van der Waals surface area contributed by atoms with Crippen molar-refractivity contribution in [3.8, 4) is 0 Å². The van der Waals surface area contributed by atoms with Crippen molar-refractivity contribution in [2.45, 2.75) is 19.4 Å². The van der Waals surface area contributed by atoms with Gasteiger partial charge in [-0.05, 0) is 42.1 Å². The third kappa shape index (κ3) is 6.07. The Bertz CT molecular complexity index is 961. The van der Waals surface area contributed by atoms with Crippen molar-refractivity contribution in [1.29, 1.82) is 0 Å². The van der Waals surface area contributed by atoms with Gasteiger partial charge in [0.15, 0.2) is 0 Å². The van der Waals surface area contributed by atoms with E-state index in [-0.39, 0.29) is 30.8 Å². The van der Waals surface area contributed by atoms with Gasteiger partial charge in [0, 0.05) is 35.6 Å². The highest BCUT2D eigenvalue weighted by molar-refractivity contribution is 7.08. The van der Waals surface area contributed by atoms with Gasteiger partial charge >= 0.3 is 0 Å². The molecule has 0 spiro atoms. The Balaban J connectivity index is 1.49. The third-order valence-corrected chi connectivity index (χ3v) is 5.34. The Labute approximate surface area is 179 Å². The normalized spacial score (nSPS) is 11.5. The Kier molecular flexibility index (Phi) is 7.27. The second-order valence-corrected chi connectivity index (χ2v) is 7.72. The van der Waals surface area contributed by atoms with Crippen LogP contribution < -0.4 is 16.0 Å². The van der Waals surface area contributed by atoms with Crippen molar-refractivity contribution in [2.24, 2.45) is 0 Å². The second kappa shape index (κ2) is 10.1. The monoisotopic (exact) mass is 427 g/mol. The SMILES string of the molecule is CC(Nc1ccc(NC(=O)CCNC(=O)c2ccsc2)cc1Cl)c1ccccc1. The summed E-state index contributed by atoms with van der Waals surface area (Å²) in [5, 5.41) is 13.0. The quantitative estimate of drug-likeness (QED) is 0.454. The summed E-state index contributed by atoms with van der Waals surface area (Å²) in [6, 6.07) is 17.3. The molecule has 1 unspecified atom stereocenters. The molecule has 2 amide bonds.